The molecule has 13 heteroatoms. The van der Waals surface area contributed by atoms with Gasteiger partial charge in [-0.25, -0.2) is 0 Å². The van der Waals surface area contributed by atoms with Crippen LogP contribution in [0.2, 0.25) is 0 Å². The lowest BCUT2D eigenvalue weighted by atomic mass is 10.00. The minimum Gasteiger partial charge on any atom is -0.462 e. The number of aliphatic hydroxyl groups is 3. The molecule has 1 aliphatic rings. The van der Waals surface area contributed by atoms with Gasteiger partial charge in [0.25, 0.3) is 10.1 Å². The first kappa shape index (κ1) is 65.9. The van der Waals surface area contributed by atoms with E-state index in [1.165, 1.54) is 148 Å². The number of ether oxygens (including phenoxy) is 4. The number of aliphatic hydroxyl groups excluding tert-OH is 3. The van der Waals surface area contributed by atoms with Gasteiger partial charge >= 0.3 is 11.9 Å². The molecule has 6 unspecified atom stereocenters. The number of esters is 2. The summed E-state index contributed by atoms with van der Waals surface area (Å²) in [5, 5.41) is 31.0. The van der Waals surface area contributed by atoms with Crippen molar-refractivity contribution in [1.82, 2.24) is 0 Å². The van der Waals surface area contributed by atoms with Crippen molar-refractivity contribution in [3.8, 4) is 0 Å². The Morgan fingerprint density at radius 1 is 0.486 bits per heavy atom. The molecule has 1 aliphatic heterocycles. The highest BCUT2D eigenvalue weighted by Crippen LogP contribution is 2.24. The molecule has 6 atom stereocenters. The van der Waals surface area contributed by atoms with Gasteiger partial charge in [0, 0.05) is 12.8 Å². The summed E-state index contributed by atoms with van der Waals surface area (Å²) in [7, 11) is -4.61. The maximum absolute atomic E-state index is 12.9. The van der Waals surface area contributed by atoms with E-state index in [2.05, 4.69) is 50.3 Å². The summed E-state index contributed by atoms with van der Waals surface area (Å²) in [5.74, 6) is -1.99. The molecule has 0 saturated carbocycles. The molecule has 0 amide bonds. The van der Waals surface area contributed by atoms with Crippen LogP contribution in [0.4, 0.5) is 0 Å². The molecule has 0 aromatic carbocycles. The number of carbonyl (C=O) groups is 2. The summed E-state index contributed by atoms with van der Waals surface area (Å²) in [6.07, 6.45) is 47.6. The Labute approximate surface area is 427 Å². The number of hydrogen-bond donors (Lipinski definition) is 4. The second-order valence-corrected chi connectivity index (χ2v) is 21.5. The zero-order valence-corrected chi connectivity index (χ0v) is 45.2. The third-order valence-corrected chi connectivity index (χ3v) is 14.0. The fourth-order valence-corrected chi connectivity index (χ4v) is 9.50. The Morgan fingerprint density at radius 3 is 1.30 bits per heavy atom. The average molecular weight is 1010 g/mol. The fraction of sp³-hybridized carbons (Fsp3) is 0.860. The van der Waals surface area contributed by atoms with Crippen molar-refractivity contribution in [3.63, 3.8) is 0 Å². The van der Waals surface area contributed by atoms with Gasteiger partial charge in [0.05, 0.1) is 6.61 Å². The van der Waals surface area contributed by atoms with Crippen LogP contribution in [0.5, 0.6) is 0 Å². The van der Waals surface area contributed by atoms with Crippen molar-refractivity contribution in [1.29, 1.82) is 0 Å². The van der Waals surface area contributed by atoms with Crippen molar-refractivity contribution in [3.05, 3.63) is 36.5 Å². The normalized spacial score (nSPS) is 19.2. The molecule has 1 saturated heterocycles. The molecular weight excluding hydrogens is 909 g/mol. The van der Waals surface area contributed by atoms with Gasteiger partial charge in [-0.05, 0) is 51.4 Å². The van der Waals surface area contributed by atoms with E-state index in [9.17, 15) is 37.9 Å². The molecule has 12 nitrogen and oxygen atoms in total. The zero-order chi connectivity index (χ0) is 51.2. The fourth-order valence-electron chi connectivity index (χ4n) is 8.80. The Kier molecular flexibility index (Phi) is 43.9. The maximum atomic E-state index is 12.9. The molecule has 0 spiro atoms. The second kappa shape index (κ2) is 46.6. The molecule has 410 valence electrons. The number of hydrogen-bond acceptors (Lipinski definition) is 11. The minimum absolute atomic E-state index is 0.152. The molecule has 1 rings (SSSR count). The lowest BCUT2D eigenvalue weighted by Gasteiger charge is -2.40. The van der Waals surface area contributed by atoms with E-state index in [4.69, 9.17) is 18.9 Å². The lowest BCUT2D eigenvalue weighted by molar-refractivity contribution is -0.297. The third-order valence-electron chi connectivity index (χ3n) is 13.2. The van der Waals surface area contributed by atoms with Crippen LogP contribution in [0.25, 0.3) is 0 Å². The van der Waals surface area contributed by atoms with Gasteiger partial charge in [-0.1, -0.05) is 230 Å². The van der Waals surface area contributed by atoms with Crippen molar-refractivity contribution < 1.29 is 56.8 Å². The smallest absolute Gasteiger partial charge is 0.306 e. The molecule has 1 fully saturated rings. The van der Waals surface area contributed by atoms with Crippen LogP contribution in [0.15, 0.2) is 36.5 Å². The van der Waals surface area contributed by atoms with E-state index >= 15 is 0 Å². The third kappa shape index (κ3) is 40.4. The van der Waals surface area contributed by atoms with Gasteiger partial charge in [-0.2, -0.15) is 8.42 Å². The van der Waals surface area contributed by atoms with Crippen LogP contribution in [0.3, 0.4) is 0 Å². The van der Waals surface area contributed by atoms with Crippen LogP contribution in [0.1, 0.15) is 258 Å². The van der Waals surface area contributed by atoms with Crippen LogP contribution in [-0.4, -0.2) is 96.0 Å². The summed E-state index contributed by atoms with van der Waals surface area (Å²) in [5.41, 5.74) is 0. The van der Waals surface area contributed by atoms with Crippen LogP contribution < -0.4 is 0 Å². The van der Waals surface area contributed by atoms with Crippen molar-refractivity contribution in [2.45, 2.75) is 295 Å². The van der Waals surface area contributed by atoms with Crippen molar-refractivity contribution in [2.75, 3.05) is 19.0 Å². The lowest BCUT2D eigenvalue weighted by Crippen LogP contribution is -2.60. The number of unbranched alkanes of at least 4 members (excludes halogenated alkanes) is 31. The van der Waals surface area contributed by atoms with Gasteiger partial charge in [-0.15, -0.1) is 0 Å². The topological polar surface area (TPSA) is 186 Å². The molecule has 0 bridgehead atoms. The Bertz CT molecular complexity index is 1420. The van der Waals surface area contributed by atoms with E-state index in [0.717, 1.165) is 70.6 Å². The molecule has 0 aromatic heterocycles. The molecule has 0 aliphatic carbocycles. The predicted molar refractivity (Wildman–Crippen MR) is 284 cm³/mol. The van der Waals surface area contributed by atoms with Crippen LogP contribution in [0, 0.1) is 0 Å². The molecular formula is C57H104O12S. The maximum Gasteiger partial charge on any atom is 0.306 e. The van der Waals surface area contributed by atoms with E-state index in [1.54, 1.807) is 0 Å². The second-order valence-electron chi connectivity index (χ2n) is 20.0. The molecule has 0 aromatic rings. The molecule has 4 N–H and O–H groups in total. The van der Waals surface area contributed by atoms with Crippen LogP contribution in [-0.2, 0) is 38.7 Å². The first-order valence-electron chi connectivity index (χ1n) is 28.5. The van der Waals surface area contributed by atoms with Gasteiger partial charge in [0.1, 0.15) is 36.8 Å². The van der Waals surface area contributed by atoms with E-state index < -0.39 is 71.2 Å². The highest BCUT2D eigenvalue weighted by atomic mass is 32.2. The van der Waals surface area contributed by atoms with Gasteiger partial charge in [-0.3, -0.25) is 14.1 Å². The molecule has 70 heavy (non-hydrogen) atoms. The van der Waals surface area contributed by atoms with E-state index in [-0.39, 0.29) is 19.4 Å². The number of allylic oxidation sites excluding steroid dienone is 6. The van der Waals surface area contributed by atoms with Gasteiger partial charge in [0.2, 0.25) is 0 Å². The first-order valence-corrected chi connectivity index (χ1v) is 30.2. The Hall–Kier alpha value is -2.13. The predicted octanol–water partition coefficient (Wildman–Crippen LogP) is 13.7. The number of rotatable bonds is 49. The average Bonchev–Trinajstić information content (AvgIpc) is 3.33. The first-order chi connectivity index (χ1) is 34.0. The van der Waals surface area contributed by atoms with Gasteiger partial charge < -0.3 is 34.3 Å². The van der Waals surface area contributed by atoms with E-state index in [0.29, 0.717) is 12.8 Å². The Morgan fingerprint density at radius 2 is 0.857 bits per heavy atom. The summed E-state index contributed by atoms with van der Waals surface area (Å²) in [4.78, 5) is 25.6. The van der Waals surface area contributed by atoms with Gasteiger partial charge in [0.15, 0.2) is 12.4 Å². The number of carbonyl (C=O) groups excluding carboxylic acids is 2. The highest BCUT2D eigenvalue weighted by Gasteiger charge is 2.46. The molecule has 0 radical (unpaired) electrons. The summed E-state index contributed by atoms with van der Waals surface area (Å²) in [6, 6.07) is 0. The summed E-state index contributed by atoms with van der Waals surface area (Å²) in [6.45, 7) is 3.77. The quantitative estimate of drug-likeness (QED) is 0.0196. The highest BCUT2D eigenvalue weighted by molar-refractivity contribution is 7.85. The van der Waals surface area contributed by atoms with Crippen LogP contribution >= 0.6 is 0 Å². The van der Waals surface area contributed by atoms with E-state index in [1.807, 2.05) is 0 Å². The van der Waals surface area contributed by atoms with Crippen molar-refractivity contribution >= 4 is 22.1 Å². The standard InChI is InChI=1S/C57H104O12S/c1-3-5-7-9-11-13-15-17-19-21-23-24-25-26-28-29-31-33-35-37-39-41-43-45-52(58)66-47-50(48-67-57-56(62)55(61)54(60)51(69-57)49-70(63,64)65)68-53(59)46-44-42-40-38-36-34-32-30-27-22-20-18-16-14-12-10-8-6-4-2/h12,14,18,20,27,30,50-51,54-57,60-62H,3-11,13,15-17,19,21-26,28-29,31-49H2,1-2H3,(H,63,64,65)/b14-12-,20-18-,30-27-. The largest absolute Gasteiger partial charge is 0.462 e. The zero-order valence-electron chi connectivity index (χ0n) is 44.4. The Balaban J connectivity index is 2.31. The monoisotopic (exact) mass is 1010 g/mol. The summed E-state index contributed by atoms with van der Waals surface area (Å²) >= 11 is 0. The molecule has 1 heterocycles. The van der Waals surface area contributed by atoms with Crippen molar-refractivity contribution in [2.24, 2.45) is 0 Å². The SMILES string of the molecule is CCCCC/C=C\C/C=C\C/C=C\CCCCCCCCC(=O)OC(COC(=O)CCCCCCCCCCCCCCCCCCCCCCCCC)COC1OC(CS(=O)(=O)O)C(O)C(O)C1O. The minimum atomic E-state index is -4.61. The summed E-state index contributed by atoms with van der Waals surface area (Å²) < 4.78 is 54.4.